The summed E-state index contributed by atoms with van der Waals surface area (Å²) >= 11 is 0. The number of pyridine rings is 2. The Balaban J connectivity index is 1.66. The van der Waals surface area contributed by atoms with Crippen LogP contribution in [-0.2, 0) is 6.54 Å². The van der Waals surface area contributed by atoms with Crippen molar-refractivity contribution < 1.29 is 18.0 Å². The number of rotatable bonds is 3. The zero-order chi connectivity index (χ0) is 24.7. The molecule has 0 unspecified atom stereocenters. The predicted octanol–water partition coefficient (Wildman–Crippen LogP) is 4.50. The normalized spacial score (nSPS) is 14.9. The smallest absolute Gasteiger partial charge is 0.337 e. The van der Waals surface area contributed by atoms with Gasteiger partial charge in [-0.05, 0) is 37.5 Å². The van der Waals surface area contributed by atoms with E-state index in [0.29, 0.717) is 35.4 Å². The van der Waals surface area contributed by atoms with E-state index in [1.165, 1.54) is 18.5 Å². The number of carbonyl (C=O) groups is 1. The van der Waals surface area contributed by atoms with Gasteiger partial charge in [-0.15, -0.1) is 0 Å². The fourth-order valence-corrected chi connectivity index (χ4v) is 4.60. The maximum atomic E-state index is 13.4. The number of aromatic nitrogens is 5. The molecule has 0 aromatic carbocycles. The van der Waals surface area contributed by atoms with Crippen LogP contribution in [0.15, 0.2) is 30.7 Å². The first-order chi connectivity index (χ1) is 16.7. The van der Waals surface area contributed by atoms with Crippen LogP contribution in [0.4, 0.5) is 13.2 Å². The first kappa shape index (κ1) is 22.8. The summed E-state index contributed by atoms with van der Waals surface area (Å²) in [5.74, 6) is -0.292. The average molecular weight is 481 g/mol. The number of fused-ring (bicyclic) bond motifs is 2. The van der Waals surface area contributed by atoms with Crippen molar-refractivity contribution in [2.75, 3.05) is 13.1 Å². The van der Waals surface area contributed by atoms with Crippen molar-refractivity contribution in [2.24, 2.45) is 0 Å². The van der Waals surface area contributed by atoms with Gasteiger partial charge in [-0.2, -0.15) is 23.5 Å². The van der Waals surface area contributed by atoms with Crippen LogP contribution >= 0.6 is 0 Å². The number of alkyl halides is 3. The highest BCUT2D eigenvalue weighted by Crippen LogP contribution is 2.31. The second-order valence-electron chi connectivity index (χ2n) is 8.78. The number of halogens is 3. The van der Waals surface area contributed by atoms with Gasteiger partial charge < -0.3 is 4.90 Å². The molecule has 1 aliphatic rings. The van der Waals surface area contributed by atoms with E-state index in [0.717, 1.165) is 35.9 Å². The molecule has 1 saturated heterocycles. The van der Waals surface area contributed by atoms with E-state index >= 15 is 0 Å². The van der Waals surface area contributed by atoms with E-state index in [4.69, 9.17) is 0 Å². The lowest BCUT2D eigenvalue weighted by Crippen LogP contribution is -2.32. The van der Waals surface area contributed by atoms with Gasteiger partial charge in [0, 0.05) is 30.9 Å². The minimum Gasteiger partial charge on any atom is -0.337 e. The number of carbonyl (C=O) groups excluding carboxylic acids is 1. The number of nitrogens with zero attached hydrogens (tertiary/aromatic N) is 7. The first-order valence-electron chi connectivity index (χ1n) is 11.4. The highest BCUT2D eigenvalue weighted by atomic mass is 19.4. The van der Waals surface area contributed by atoms with E-state index in [1.807, 2.05) is 0 Å². The number of amides is 1. The molecule has 0 spiro atoms. The van der Waals surface area contributed by atoms with Crippen LogP contribution < -0.4 is 0 Å². The quantitative estimate of drug-likeness (QED) is 0.430. The Bertz CT molecular complexity index is 1470. The third kappa shape index (κ3) is 4.32. The summed E-state index contributed by atoms with van der Waals surface area (Å²) in [5, 5.41) is 14.0. The number of likely N-dealkylation sites (tertiary alicyclic amines) is 1. The average Bonchev–Trinajstić information content (AvgIpc) is 3.27. The molecule has 0 saturated carbocycles. The maximum Gasteiger partial charge on any atom is 0.408 e. The molecule has 35 heavy (non-hydrogen) atoms. The Morgan fingerprint density at radius 2 is 1.86 bits per heavy atom. The van der Waals surface area contributed by atoms with Gasteiger partial charge in [0.2, 0.25) is 0 Å². The summed E-state index contributed by atoms with van der Waals surface area (Å²) in [7, 11) is 0. The van der Waals surface area contributed by atoms with E-state index < -0.39 is 12.7 Å². The Labute approximate surface area is 198 Å². The van der Waals surface area contributed by atoms with Crippen LogP contribution in [0.5, 0.6) is 0 Å². The highest BCUT2D eigenvalue weighted by molar-refractivity contribution is 5.99. The van der Waals surface area contributed by atoms with Gasteiger partial charge in [0.05, 0.1) is 23.0 Å². The molecule has 1 fully saturated rings. The molecule has 5 heterocycles. The molecule has 1 aliphatic heterocycles. The molecule has 8 nitrogen and oxygen atoms in total. The summed E-state index contributed by atoms with van der Waals surface area (Å²) in [6, 6.07) is 5.16. The summed E-state index contributed by atoms with van der Waals surface area (Å²) in [6.45, 7) is 1.70. The lowest BCUT2D eigenvalue weighted by molar-refractivity contribution is -0.141. The third-order valence-corrected chi connectivity index (χ3v) is 6.24. The van der Waals surface area contributed by atoms with Gasteiger partial charge in [-0.1, -0.05) is 12.8 Å². The van der Waals surface area contributed by atoms with Gasteiger partial charge in [0.25, 0.3) is 5.91 Å². The van der Waals surface area contributed by atoms with Crippen molar-refractivity contribution in [3.8, 4) is 17.5 Å². The van der Waals surface area contributed by atoms with Crippen molar-refractivity contribution in [1.29, 1.82) is 5.26 Å². The second kappa shape index (κ2) is 8.69. The summed E-state index contributed by atoms with van der Waals surface area (Å²) in [6.07, 6.45) is 3.84. The van der Waals surface area contributed by atoms with E-state index in [2.05, 4.69) is 21.1 Å². The molecular weight excluding hydrogens is 459 g/mol. The Kier molecular flexibility index (Phi) is 5.67. The number of hydrogen-bond donors (Lipinski definition) is 0. The molecule has 4 aromatic rings. The standard InChI is InChI=1S/C24H22F3N7O/c1-15-8-16(10-28)13-33-20(12-30-22(15)33)21-17-11-29-18(23(35)32-6-4-2-3-5-7-32)9-19(17)34(31-21)14-24(25,26)27/h8-9,11-13H,2-7,14H2,1H3. The Morgan fingerprint density at radius 3 is 2.54 bits per heavy atom. The van der Waals surface area contributed by atoms with Gasteiger partial charge in [0.1, 0.15) is 29.6 Å². The lowest BCUT2D eigenvalue weighted by Gasteiger charge is -2.19. The molecule has 0 aliphatic carbocycles. The minimum atomic E-state index is -4.52. The van der Waals surface area contributed by atoms with Crippen LogP contribution in [0.25, 0.3) is 27.9 Å². The van der Waals surface area contributed by atoms with Crippen LogP contribution in [0.3, 0.4) is 0 Å². The van der Waals surface area contributed by atoms with E-state index in [9.17, 15) is 23.2 Å². The monoisotopic (exact) mass is 481 g/mol. The van der Waals surface area contributed by atoms with Crippen molar-refractivity contribution in [1.82, 2.24) is 29.0 Å². The van der Waals surface area contributed by atoms with Crippen LogP contribution in [0.2, 0.25) is 0 Å². The minimum absolute atomic E-state index is 0.0926. The molecular formula is C24H22F3N7O. The molecule has 1 amide bonds. The number of nitriles is 1. The predicted molar refractivity (Wildman–Crippen MR) is 122 cm³/mol. The van der Waals surface area contributed by atoms with Crippen LogP contribution in [0.1, 0.15) is 47.3 Å². The zero-order valence-electron chi connectivity index (χ0n) is 19.0. The molecule has 180 valence electrons. The molecule has 5 rings (SSSR count). The van der Waals surface area contributed by atoms with Gasteiger partial charge in [0.15, 0.2) is 0 Å². The van der Waals surface area contributed by atoms with Crippen molar-refractivity contribution in [3.05, 3.63) is 47.5 Å². The number of imidazole rings is 1. The molecule has 0 N–H and O–H groups in total. The van der Waals surface area contributed by atoms with Crippen molar-refractivity contribution >= 4 is 22.5 Å². The van der Waals surface area contributed by atoms with E-state index in [-0.39, 0.29) is 22.8 Å². The summed E-state index contributed by atoms with van der Waals surface area (Å²) in [5.41, 5.74) is 2.63. The van der Waals surface area contributed by atoms with Crippen molar-refractivity contribution in [3.63, 3.8) is 0 Å². The van der Waals surface area contributed by atoms with Gasteiger partial charge in [-0.3, -0.25) is 18.9 Å². The van der Waals surface area contributed by atoms with Crippen LogP contribution in [-0.4, -0.2) is 54.2 Å². The Hall–Kier alpha value is -3.94. The summed E-state index contributed by atoms with van der Waals surface area (Å²) in [4.78, 5) is 23.5. The molecule has 11 heteroatoms. The first-order valence-corrected chi connectivity index (χ1v) is 11.4. The van der Waals surface area contributed by atoms with Crippen molar-refractivity contribution in [2.45, 2.75) is 45.3 Å². The van der Waals surface area contributed by atoms with Gasteiger partial charge in [-0.25, -0.2) is 4.98 Å². The molecule has 0 atom stereocenters. The number of hydrogen-bond acceptors (Lipinski definition) is 5. The number of aryl methyl sites for hydroxylation is 1. The summed E-state index contributed by atoms with van der Waals surface area (Å²) < 4.78 is 42.7. The molecule has 0 bridgehead atoms. The SMILES string of the molecule is Cc1cc(C#N)cn2c(-c3nn(CC(F)(F)F)c4cc(C(=O)N5CCCCCC5)ncc34)cnc12. The van der Waals surface area contributed by atoms with Crippen LogP contribution in [0, 0.1) is 18.3 Å². The third-order valence-electron chi connectivity index (χ3n) is 6.24. The highest BCUT2D eigenvalue weighted by Gasteiger charge is 2.31. The Morgan fingerprint density at radius 1 is 1.11 bits per heavy atom. The van der Waals surface area contributed by atoms with E-state index in [1.54, 1.807) is 28.5 Å². The van der Waals surface area contributed by atoms with Gasteiger partial charge >= 0.3 is 6.18 Å². The largest absolute Gasteiger partial charge is 0.408 e. The lowest BCUT2D eigenvalue weighted by atomic mass is 10.2. The zero-order valence-corrected chi connectivity index (χ0v) is 19.0. The molecule has 0 radical (unpaired) electrons. The fourth-order valence-electron chi connectivity index (χ4n) is 4.60. The second-order valence-corrected chi connectivity index (χ2v) is 8.78. The topological polar surface area (TPSA) is 92.1 Å². The fraction of sp³-hybridized carbons (Fsp3) is 0.375. The maximum absolute atomic E-state index is 13.4. The molecule has 4 aromatic heterocycles.